The average molecular weight is 226 g/mol. The van der Waals surface area contributed by atoms with Gasteiger partial charge in [0.1, 0.15) is 0 Å². The maximum Gasteiger partial charge on any atom is 0.0916 e. The van der Waals surface area contributed by atoms with Crippen molar-refractivity contribution in [2.24, 2.45) is 0 Å². The van der Waals surface area contributed by atoms with E-state index in [-0.39, 0.29) is 6.10 Å². The summed E-state index contributed by atoms with van der Waals surface area (Å²) in [6.07, 6.45) is 2.13. The number of halogens is 1. The van der Waals surface area contributed by atoms with Crippen LogP contribution in [0, 0.1) is 0 Å². The highest BCUT2D eigenvalue weighted by Crippen LogP contribution is 2.19. The molecule has 1 aromatic rings. The number of aliphatic hydroxyl groups is 1. The van der Waals surface area contributed by atoms with Crippen LogP contribution < -0.4 is 0 Å². The molecule has 2 rings (SSSR count). The SMILES string of the molecule is OC(CN1CCCC1)c1ccc(Cl)cc1. The molecule has 1 aliphatic heterocycles. The van der Waals surface area contributed by atoms with Crippen LogP contribution >= 0.6 is 11.6 Å². The Hall–Kier alpha value is -0.570. The van der Waals surface area contributed by atoms with Gasteiger partial charge in [0.15, 0.2) is 0 Å². The zero-order valence-corrected chi connectivity index (χ0v) is 9.45. The van der Waals surface area contributed by atoms with Crippen molar-refractivity contribution in [3.8, 4) is 0 Å². The Morgan fingerprint density at radius 3 is 2.40 bits per heavy atom. The lowest BCUT2D eigenvalue weighted by Crippen LogP contribution is -2.25. The Labute approximate surface area is 95.5 Å². The Morgan fingerprint density at radius 2 is 1.80 bits per heavy atom. The standard InChI is InChI=1S/C12H16ClNO/c13-11-5-3-10(4-6-11)12(15)9-14-7-1-2-8-14/h3-6,12,15H,1-2,7-9H2. The van der Waals surface area contributed by atoms with Crippen LogP contribution in [0.3, 0.4) is 0 Å². The molecule has 1 atom stereocenters. The molecule has 0 saturated carbocycles. The molecular formula is C12H16ClNO. The fourth-order valence-corrected chi connectivity index (χ4v) is 2.13. The maximum absolute atomic E-state index is 9.99. The van der Waals surface area contributed by atoms with Crippen molar-refractivity contribution < 1.29 is 5.11 Å². The number of aliphatic hydroxyl groups excluding tert-OH is 1. The first kappa shape index (κ1) is 10.9. The number of β-amino-alcohol motifs (C(OH)–C–C–N with tert-alkyl or cyclic N) is 1. The van der Waals surface area contributed by atoms with Crippen molar-refractivity contribution in [2.45, 2.75) is 18.9 Å². The predicted octanol–water partition coefficient (Wildman–Crippen LogP) is 2.47. The summed E-state index contributed by atoms with van der Waals surface area (Å²) in [5, 5.41) is 10.7. The minimum atomic E-state index is -0.389. The van der Waals surface area contributed by atoms with Crippen molar-refractivity contribution in [2.75, 3.05) is 19.6 Å². The van der Waals surface area contributed by atoms with Crippen LogP contribution in [0.25, 0.3) is 0 Å². The number of benzene rings is 1. The molecular weight excluding hydrogens is 210 g/mol. The van der Waals surface area contributed by atoms with E-state index in [1.807, 2.05) is 24.3 Å². The van der Waals surface area contributed by atoms with Crippen molar-refractivity contribution in [3.05, 3.63) is 34.9 Å². The second-order valence-electron chi connectivity index (χ2n) is 4.08. The largest absolute Gasteiger partial charge is 0.387 e. The van der Waals surface area contributed by atoms with E-state index in [0.717, 1.165) is 25.2 Å². The van der Waals surface area contributed by atoms with E-state index < -0.39 is 0 Å². The van der Waals surface area contributed by atoms with Crippen LogP contribution in [0.2, 0.25) is 5.02 Å². The predicted molar refractivity (Wildman–Crippen MR) is 62.1 cm³/mol. The van der Waals surface area contributed by atoms with Gasteiger partial charge >= 0.3 is 0 Å². The maximum atomic E-state index is 9.99. The molecule has 0 aromatic heterocycles. The molecule has 0 radical (unpaired) electrons. The number of rotatable bonds is 3. The summed E-state index contributed by atoms with van der Waals surface area (Å²) in [6.45, 7) is 2.97. The molecule has 1 aliphatic rings. The molecule has 1 unspecified atom stereocenters. The van der Waals surface area contributed by atoms with E-state index in [9.17, 15) is 5.11 Å². The summed E-state index contributed by atoms with van der Waals surface area (Å²) in [6, 6.07) is 7.43. The molecule has 15 heavy (non-hydrogen) atoms. The quantitative estimate of drug-likeness (QED) is 0.855. The summed E-state index contributed by atoms with van der Waals surface area (Å²) in [7, 11) is 0. The number of nitrogens with zero attached hydrogens (tertiary/aromatic N) is 1. The summed E-state index contributed by atoms with van der Waals surface area (Å²) < 4.78 is 0. The summed E-state index contributed by atoms with van der Waals surface area (Å²) in [5.41, 5.74) is 0.950. The molecule has 1 heterocycles. The molecule has 82 valence electrons. The first-order valence-corrected chi connectivity index (χ1v) is 5.79. The van der Waals surface area contributed by atoms with Crippen LogP contribution in [0.15, 0.2) is 24.3 Å². The lowest BCUT2D eigenvalue weighted by molar-refractivity contribution is 0.126. The number of hydrogen-bond acceptors (Lipinski definition) is 2. The molecule has 0 bridgehead atoms. The molecule has 0 spiro atoms. The second kappa shape index (κ2) is 4.97. The van der Waals surface area contributed by atoms with Gasteiger partial charge in [-0.15, -0.1) is 0 Å². The summed E-state index contributed by atoms with van der Waals surface area (Å²) in [5.74, 6) is 0. The minimum absolute atomic E-state index is 0.389. The molecule has 1 fully saturated rings. The van der Waals surface area contributed by atoms with Gasteiger partial charge in [-0.1, -0.05) is 23.7 Å². The molecule has 1 saturated heterocycles. The zero-order valence-electron chi connectivity index (χ0n) is 8.69. The third-order valence-electron chi connectivity index (χ3n) is 2.88. The average Bonchev–Trinajstić information content (AvgIpc) is 2.71. The third kappa shape index (κ3) is 2.94. The minimum Gasteiger partial charge on any atom is -0.387 e. The number of hydrogen-bond donors (Lipinski definition) is 1. The normalized spacial score (nSPS) is 19.3. The zero-order chi connectivity index (χ0) is 10.7. The van der Waals surface area contributed by atoms with Gasteiger partial charge in [0.2, 0.25) is 0 Å². The van der Waals surface area contributed by atoms with Crippen LogP contribution in [0.1, 0.15) is 24.5 Å². The van der Waals surface area contributed by atoms with Gasteiger partial charge in [-0.2, -0.15) is 0 Å². The van der Waals surface area contributed by atoms with Crippen molar-refractivity contribution in [1.29, 1.82) is 0 Å². The lowest BCUT2D eigenvalue weighted by atomic mass is 10.1. The highest BCUT2D eigenvalue weighted by atomic mass is 35.5. The van der Waals surface area contributed by atoms with Crippen LogP contribution in [0.5, 0.6) is 0 Å². The Bertz CT molecular complexity index is 306. The summed E-state index contributed by atoms with van der Waals surface area (Å²) in [4.78, 5) is 2.30. The first-order chi connectivity index (χ1) is 7.25. The third-order valence-corrected chi connectivity index (χ3v) is 3.14. The van der Waals surface area contributed by atoms with Crippen molar-refractivity contribution in [3.63, 3.8) is 0 Å². The van der Waals surface area contributed by atoms with Gasteiger partial charge < -0.3 is 10.0 Å². The van der Waals surface area contributed by atoms with Crippen LogP contribution in [0.4, 0.5) is 0 Å². The molecule has 2 nitrogen and oxygen atoms in total. The van der Waals surface area contributed by atoms with Gasteiger partial charge in [-0.05, 0) is 43.6 Å². The topological polar surface area (TPSA) is 23.5 Å². The highest BCUT2D eigenvalue weighted by molar-refractivity contribution is 6.30. The van der Waals surface area contributed by atoms with E-state index in [4.69, 9.17) is 11.6 Å². The first-order valence-electron chi connectivity index (χ1n) is 5.41. The molecule has 0 aliphatic carbocycles. The Morgan fingerprint density at radius 1 is 1.20 bits per heavy atom. The molecule has 3 heteroatoms. The fraction of sp³-hybridized carbons (Fsp3) is 0.500. The lowest BCUT2D eigenvalue weighted by Gasteiger charge is -2.19. The van der Waals surface area contributed by atoms with Crippen LogP contribution in [-0.2, 0) is 0 Å². The van der Waals surface area contributed by atoms with Crippen LogP contribution in [-0.4, -0.2) is 29.6 Å². The van der Waals surface area contributed by atoms with Gasteiger partial charge in [0.25, 0.3) is 0 Å². The van der Waals surface area contributed by atoms with E-state index >= 15 is 0 Å². The highest BCUT2D eigenvalue weighted by Gasteiger charge is 2.16. The smallest absolute Gasteiger partial charge is 0.0916 e. The van der Waals surface area contributed by atoms with Gasteiger partial charge in [0.05, 0.1) is 6.10 Å². The molecule has 1 aromatic carbocycles. The van der Waals surface area contributed by atoms with E-state index in [0.29, 0.717) is 5.02 Å². The van der Waals surface area contributed by atoms with E-state index in [1.54, 1.807) is 0 Å². The van der Waals surface area contributed by atoms with Gasteiger partial charge in [-0.3, -0.25) is 0 Å². The van der Waals surface area contributed by atoms with Crippen molar-refractivity contribution >= 4 is 11.6 Å². The van der Waals surface area contributed by atoms with E-state index in [1.165, 1.54) is 12.8 Å². The Kier molecular flexibility index (Phi) is 3.62. The van der Waals surface area contributed by atoms with Gasteiger partial charge in [0, 0.05) is 11.6 Å². The Balaban J connectivity index is 1.94. The number of likely N-dealkylation sites (tertiary alicyclic amines) is 1. The monoisotopic (exact) mass is 225 g/mol. The second-order valence-corrected chi connectivity index (χ2v) is 4.51. The molecule has 0 amide bonds. The molecule has 1 N–H and O–H groups in total. The van der Waals surface area contributed by atoms with Crippen molar-refractivity contribution in [1.82, 2.24) is 4.90 Å². The van der Waals surface area contributed by atoms with Gasteiger partial charge in [-0.25, -0.2) is 0 Å². The summed E-state index contributed by atoms with van der Waals surface area (Å²) >= 11 is 5.79. The van der Waals surface area contributed by atoms with E-state index in [2.05, 4.69) is 4.90 Å². The fourth-order valence-electron chi connectivity index (χ4n) is 2.00.